The average molecular weight is 240 g/mol. The van der Waals surface area contributed by atoms with Crippen molar-refractivity contribution in [2.24, 2.45) is 17.6 Å². The molecule has 0 radical (unpaired) electrons. The molecule has 2 rings (SSSR count). The van der Waals surface area contributed by atoms with E-state index in [2.05, 4.69) is 19.2 Å². The van der Waals surface area contributed by atoms with Crippen LogP contribution in [0.2, 0.25) is 0 Å². The highest BCUT2D eigenvalue weighted by molar-refractivity contribution is 4.94. The molecule has 2 atom stereocenters. The molecule has 2 fully saturated rings. The summed E-state index contributed by atoms with van der Waals surface area (Å²) in [6.07, 6.45) is 6.84. The van der Waals surface area contributed by atoms with Gasteiger partial charge in [-0.1, -0.05) is 0 Å². The molecule has 2 unspecified atom stereocenters. The van der Waals surface area contributed by atoms with E-state index >= 15 is 0 Å². The first-order chi connectivity index (χ1) is 8.14. The minimum atomic E-state index is 0.199. The van der Waals surface area contributed by atoms with Crippen LogP contribution >= 0.6 is 0 Å². The van der Waals surface area contributed by atoms with Gasteiger partial charge in [0.1, 0.15) is 0 Å². The van der Waals surface area contributed by atoms with E-state index in [4.69, 9.17) is 10.5 Å². The summed E-state index contributed by atoms with van der Waals surface area (Å²) >= 11 is 0. The van der Waals surface area contributed by atoms with E-state index in [1.165, 1.54) is 25.7 Å². The Morgan fingerprint density at radius 3 is 2.41 bits per heavy atom. The lowest BCUT2D eigenvalue weighted by molar-refractivity contribution is 0.0857. The summed E-state index contributed by atoms with van der Waals surface area (Å²) in [5.41, 5.74) is 5.93. The Kier molecular flexibility index (Phi) is 4.45. The fourth-order valence-corrected chi connectivity index (χ4v) is 3.12. The Bertz CT molecular complexity index is 238. The van der Waals surface area contributed by atoms with Crippen LogP contribution < -0.4 is 11.1 Å². The van der Waals surface area contributed by atoms with Gasteiger partial charge < -0.3 is 15.8 Å². The van der Waals surface area contributed by atoms with Crippen LogP contribution in [0.5, 0.6) is 0 Å². The molecule has 0 aromatic carbocycles. The summed E-state index contributed by atoms with van der Waals surface area (Å²) in [5, 5.41) is 3.75. The Morgan fingerprint density at radius 2 is 1.88 bits per heavy atom. The molecule has 2 aliphatic rings. The van der Waals surface area contributed by atoms with Gasteiger partial charge in [0.25, 0.3) is 0 Å². The van der Waals surface area contributed by atoms with Crippen molar-refractivity contribution in [2.45, 2.75) is 57.6 Å². The fourth-order valence-electron chi connectivity index (χ4n) is 3.12. The van der Waals surface area contributed by atoms with E-state index < -0.39 is 0 Å². The van der Waals surface area contributed by atoms with Crippen LogP contribution in [0.15, 0.2) is 0 Å². The Hall–Kier alpha value is -0.120. The van der Waals surface area contributed by atoms with Crippen LogP contribution in [0.4, 0.5) is 0 Å². The third kappa shape index (κ3) is 3.21. The first kappa shape index (κ1) is 13.3. The van der Waals surface area contributed by atoms with Crippen molar-refractivity contribution in [2.75, 3.05) is 19.7 Å². The monoisotopic (exact) mass is 240 g/mol. The zero-order valence-electron chi connectivity index (χ0n) is 11.4. The van der Waals surface area contributed by atoms with E-state index in [1.54, 1.807) is 0 Å². The van der Waals surface area contributed by atoms with E-state index in [0.29, 0.717) is 6.10 Å². The molecule has 1 heterocycles. The first-order valence-electron chi connectivity index (χ1n) is 7.21. The smallest absolute Gasteiger partial charge is 0.0726 e. The van der Waals surface area contributed by atoms with Crippen molar-refractivity contribution >= 4 is 0 Å². The fraction of sp³-hybridized carbons (Fsp3) is 1.00. The van der Waals surface area contributed by atoms with E-state index in [-0.39, 0.29) is 5.54 Å². The normalized spacial score (nSPS) is 42.9. The third-order valence-electron chi connectivity index (χ3n) is 4.98. The predicted octanol–water partition coefficient (Wildman–Crippen LogP) is 1.91. The van der Waals surface area contributed by atoms with E-state index in [1.807, 2.05) is 0 Å². The van der Waals surface area contributed by atoms with Crippen LogP contribution in [-0.4, -0.2) is 31.3 Å². The van der Waals surface area contributed by atoms with Crippen LogP contribution in [0, 0.1) is 11.8 Å². The predicted molar refractivity (Wildman–Crippen MR) is 70.9 cm³/mol. The maximum Gasteiger partial charge on any atom is 0.0726 e. The van der Waals surface area contributed by atoms with Gasteiger partial charge in [0.05, 0.1) is 6.10 Å². The summed E-state index contributed by atoms with van der Waals surface area (Å²) in [7, 11) is 0. The molecule has 0 aromatic heterocycles. The number of hydrogen-bond acceptors (Lipinski definition) is 3. The van der Waals surface area contributed by atoms with Crippen molar-refractivity contribution in [3.8, 4) is 0 Å². The number of hydrogen-bond donors (Lipinski definition) is 2. The van der Waals surface area contributed by atoms with Gasteiger partial charge in [-0.15, -0.1) is 0 Å². The largest absolute Gasteiger partial charge is 0.377 e. The molecule has 3 heteroatoms. The minimum absolute atomic E-state index is 0.199. The van der Waals surface area contributed by atoms with Crippen molar-refractivity contribution in [3.63, 3.8) is 0 Å². The zero-order chi connectivity index (χ0) is 12.3. The van der Waals surface area contributed by atoms with Gasteiger partial charge in [-0.3, -0.25) is 0 Å². The van der Waals surface area contributed by atoms with Gasteiger partial charge in [0.2, 0.25) is 0 Å². The maximum absolute atomic E-state index is 5.73. The lowest BCUT2D eigenvalue weighted by atomic mass is 9.81. The molecule has 0 spiro atoms. The Balaban J connectivity index is 1.72. The Labute approximate surface area is 105 Å². The third-order valence-corrected chi connectivity index (χ3v) is 4.98. The standard InChI is InChI=1S/C14H28N2O/c1-11-14(2,7-8-17-11)16-10-13-5-3-12(9-15)4-6-13/h11-13,16H,3-10,15H2,1-2H3. The zero-order valence-corrected chi connectivity index (χ0v) is 11.4. The molecular weight excluding hydrogens is 212 g/mol. The molecule has 1 saturated carbocycles. The number of nitrogens with two attached hydrogens (primary N) is 1. The highest BCUT2D eigenvalue weighted by Crippen LogP contribution is 2.30. The molecule has 1 aliphatic carbocycles. The molecule has 100 valence electrons. The topological polar surface area (TPSA) is 47.3 Å². The number of rotatable bonds is 4. The summed E-state index contributed by atoms with van der Waals surface area (Å²) in [4.78, 5) is 0. The van der Waals surface area contributed by atoms with Gasteiger partial charge in [-0.05, 0) is 70.9 Å². The number of ether oxygens (including phenoxy) is 1. The van der Waals surface area contributed by atoms with Crippen LogP contribution in [0.25, 0.3) is 0 Å². The molecular formula is C14H28N2O. The lowest BCUT2D eigenvalue weighted by Crippen LogP contribution is -2.49. The second-order valence-electron chi connectivity index (χ2n) is 6.18. The molecule has 1 aliphatic heterocycles. The van der Waals surface area contributed by atoms with E-state index in [9.17, 15) is 0 Å². The molecule has 0 aromatic rings. The van der Waals surface area contributed by atoms with E-state index in [0.717, 1.165) is 38.0 Å². The van der Waals surface area contributed by atoms with Gasteiger partial charge >= 0.3 is 0 Å². The molecule has 17 heavy (non-hydrogen) atoms. The quantitative estimate of drug-likeness (QED) is 0.789. The summed E-state index contributed by atoms with van der Waals surface area (Å²) in [5.74, 6) is 1.64. The second kappa shape index (κ2) is 5.68. The maximum atomic E-state index is 5.73. The average Bonchev–Trinajstić information content (AvgIpc) is 2.68. The van der Waals surface area contributed by atoms with Crippen LogP contribution in [0.1, 0.15) is 46.0 Å². The second-order valence-corrected chi connectivity index (χ2v) is 6.18. The molecule has 1 saturated heterocycles. The van der Waals surface area contributed by atoms with Gasteiger partial charge in [0.15, 0.2) is 0 Å². The van der Waals surface area contributed by atoms with Crippen molar-refractivity contribution in [1.82, 2.24) is 5.32 Å². The highest BCUT2D eigenvalue weighted by atomic mass is 16.5. The number of nitrogens with one attached hydrogen (secondary N) is 1. The summed E-state index contributed by atoms with van der Waals surface area (Å²) in [6, 6.07) is 0. The summed E-state index contributed by atoms with van der Waals surface area (Å²) < 4.78 is 5.66. The van der Waals surface area contributed by atoms with Crippen molar-refractivity contribution < 1.29 is 4.74 Å². The molecule has 3 N–H and O–H groups in total. The van der Waals surface area contributed by atoms with Gasteiger partial charge in [0, 0.05) is 12.1 Å². The van der Waals surface area contributed by atoms with Gasteiger partial charge in [-0.2, -0.15) is 0 Å². The lowest BCUT2D eigenvalue weighted by Gasteiger charge is -2.34. The molecule has 3 nitrogen and oxygen atoms in total. The van der Waals surface area contributed by atoms with Crippen molar-refractivity contribution in [3.05, 3.63) is 0 Å². The Morgan fingerprint density at radius 1 is 1.24 bits per heavy atom. The minimum Gasteiger partial charge on any atom is -0.377 e. The SMILES string of the molecule is CC1OCCC1(C)NCC1CCC(CN)CC1. The van der Waals surface area contributed by atoms with Crippen molar-refractivity contribution in [1.29, 1.82) is 0 Å². The van der Waals surface area contributed by atoms with Crippen LogP contribution in [-0.2, 0) is 4.74 Å². The van der Waals surface area contributed by atoms with Gasteiger partial charge in [-0.25, -0.2) is 0 Å². The summed E-state index contributed by atoms with van der Waals surface area (Å²) in [6.45, 7) is 7.43. The molecule has 0 bridgehead atoms. The first-order valence-corrected chi connectivity index (χ1v) is 7.21. The highest BCUT2D eigenvalue weighted by Gasteiger charge is 2.37. The molecule has 0 amide bonds. The van der Waals surface area contributed by atoms with Crippen LogP contribution in [0.3, 0.4) is 0 Å².